The average molecular weight is 634 g/mol. The molecule has 0 aromatic carbocycles. The third-order valence-corrected chi connectivity index (χ3v) is 7.41. The summed E-state index contributed by atoms with van der Waals surface area (Å²) in [5, 5.41) is 0. The monoisotopic (exact) mass is 628 g/mol. The van der Waals surface area contributed by atoms with Crippen molar-refractivity contribution in [3.63, 3.8) is 0 Å². The van der Waals surface area contributed by atoms with Gasteiger partial charge in [-0.05, 0) is 37.7 Å². The van der Waals surface area contributed by atoms with Crippen molar-refractivity contribution >= 4 is 104 Å². The first-order valence-electron chi connectivity index (χ1n) is 4.98. The van der Waals surface area contributed by atoms with Crippen molar-refractivity contribution in [3.8, 4) is 0 Å². The Hall–Kier alpha value is 3.31. The summed E-state index contributed by atoms with van der Waals surface area (Å²) in [5.74, 6) is 0. The van der Waals surface area contributed by atoms with Gasteiger partial charge >= 0.3 is 0 Å². The lowest BCUT2D eigenvalue weighted by molar-refractivity contribution is 1.01. The van der Waals surface area contributed by atoms with Crippen LogP contribution in [0.25, 0.3) is 0 Å². The first kappa shape index (κ1) is 19.3. The van der Waals surface area contributed by atoms with Crippen LogP contribution in [0, 0.1) is 0 Å². The van der Waals surface area contributed by atoms with E-state index in [9.17, 15) is 0 Å². The maximum Gasteiger partial charge on any atom is 0.0701 e. The van der Waals surface area contributed by atoms with E-state index in [1.165, 1.54) is 37.7 Å². The topological polar surface area (TPSA) is 0 Å². The molecule has 0 atom stereocenters. The van der Waals surface area contributed by atoms with Crippen LogP contribution in [-0.4, -0.2) is 29.7 Å². The fourth-order valence-corrected chi connectivity index (χ4v) is 7.21. The van der Waals surface area contributed by atoms with Gasteiger partial charge in [-0.2, -0.15) is 0 Å². The van der Waals surface area contributed by atoms with Crippen LogP contribution in [0.15, 0.2) is 0 Å². The zero-order chi connectivity index (χ0) is 12.6. The normalized spacial score (nSPS) is 12.4. The van der Waals surface area contributed by atoms with Gasteiger partial charge in [0.05, 0.1) is 11.2 Å². The molecule has 0 N–H and O–H groups in total. The summed E-state index contributed by atoms with van der Waals surface area (Å²) in [4.78, 5) is 0. The molecule has 0 saturated heterocycles. The molecule has 7 heteroatoms. The predicted octanol–water partition coefficient (Wildman–Crippen LogP) is 6.99. The molecule has 0 bridgehead atoms. The molecular weight excluding hydrogens is 618 g/mol. The molecule has 0 rings (SSSR count). The van der Waals surface area contributed by atoms with Crippen molar-refractivity contribution in [1.82, 2.24) is 0 Å². The molecule has 0 aromatic rings. The number of hydrogen-bond donors (Lipinski definition) is 0. The quantitative estimate of drug-likeness (QED) is 0.190. The van der Waals surface area contributed by atoms with Crippen molar-refractivity contribution in [1.29, 1.82) is 0 Å². The summed E-state index contributed by atoms with van der Waals surface area (Å²) < 4.78 is 1.41. The van der Waals surface area contributed by atoms with E-state index >= 15 is 0 Å². The van der Waals surface area contributed by atoms with E-state index < -0.39 is 0 Å². The number of halogens is 6. The Labute approximate surface area is 150 Å². The third kappa shape index (κ3) is 13.7. The standard InChI is InChI=1S/C9H15Br6P/c10-7(11)1-4-16(5-2-8(12)13)6-3-9(14)15/h7-9H,1-6H2. The molecule has 0 heterocycles. The first-order valence-corrected chi connectivity index (χ1v) is 12.4. The molecule has 98 valence electrons. The zero-order valence-electron chi connectivity index (χ0n) is 8.69. The van der Waals surface area contributed by atoms with Gasteiger partial charge in [-0.3, -0.25) is 0 Å². The van der Waals surface area contributed by atoms with Gasteiger partial charge in [0, 0.05) is 0 Å². The van der Waals surface area contributed by atoms with Gasteiger partial charge in [0.15, 0.2) is 0 Å². The maximum absolute atomic E-state index is 3.55. The van der Waals surface area contributed by atoms with Gasteiger partial charge in [-0.25, -0.2) is 0 Å². The van der Waals surface area contributed by atoms with Gasteiger partial charge in [0.2, 0.25) is 0 Å². The van der Waals surface area contributed by atoms with Gasteiger partial charge in [0.1, 0.15) is 0 Å². The van der Waals surface area contributed by atoms with E-state index in [4.69, 9.17) is 0 Å². The zero-order valence-corrected chi connectivity index (χ0v) is 19.1. The van der Waals surface area contributed by atoms with Gasteiger partial charge in [-0.15, -0.1) is 7.92 Å². The molecule has 0 spiro atoms. The molecule has 0 aromatic heterocycles. The van der Waals surface area contributed by atoms with Crippen LogP contribution in [0.1, 0.15) is 19.3 Å². The number of alkyl halides is 6. The molecule has 0 radical (unpaired) electrons. The number of rotatable bonds is 9. The SMILES string of the molecule is BrC(Br)CCP(CCC(Br)Br)CCC(Br)Br. The summed E-state index contributed by atoms with van der Waals surface area (Å²) in [5.41, 5.74) is 0. The van der Waals surface area contributed by atoms with Crippen LogP contribution >= 0.6 is 104 Å². The predicted molar refractivity (Wildman–Crippen MR) is 100 cm³/mol. The van der Waals surface area contributed by atoms with E-state index in [1.807, 2.05) is 0 Å². The van der Waals surface area contributed by atoms with Gasteiger partial charge in [-0.1, -0.05) is 95.6 Å². The summed E-state index contributed by atoms with van der Waals surface area (Å²) in [6, 6.07) is 0. The van der Waals surface area contributed by atoms with Crippen LogP contribution in [-0.2, 0) is 0 Å². The van der Waals surface area contributed by atoms with Crippen molar-refractivity contribution < 1.29 is 0 Å². The highest BCUT2D eigenvalue weighted by molar-refractivity contribution is 9.25. The Morgan fingerprint density at radius 3 is 1.00 bits per heavy atom. The second-order valence-electron chi connectivity index (χ2n) is 3.38. The minimum atomic E-state index is 0.162. The minimum Gasteiger partial charge on any atom is -0.107 e. The summed E-state index contributed by atoms with van der Waals surface area (Å²) >= 11 is 21.3. The Bertz CT molecular complexity index is 136. The average Bonchev–Trinajstić information content (AvgIpc) is 2.15. The fourth-order valence-electron chi connectivity index (χ4n) is 1.18. The molecule has 0 unspecified atom stereocenters. The molecule has 0 aliphatic rings. The van der Waals surface area contributed by atoms with Crippen LogP contribution in [0.3, 0.4) is 0 Å². The Morgan fingerprint density at radius 2 is 0.812 bits per heavy atom. The second-order valence-corrected chi connectivity index (χ2v) is 16.4. The minimum absolute atomic E-state index is 0.162. The van der Waals surface area contributed by atoms with Crippen LogP contribution in [0.2, 0.25) is 0 Å². The van der Waals surface area contributed by atoms with E-state index in [1.54, 1.807) is 0 Å². The summed E-state index contributed by atoms with van der Waals surface area (Å²) in [6.45, 7) is 0. The first-order chi connectivity index (χ1) is 7.41. The lowest BCUT2D eigenvalue weighted by Crippen LogP contribution is -2.02. The molecule has 0 amide bonds. The van der Waals surface area contributed by atoms with E-state index in [2.05, 4.69) is 95.6 Å². The molecule has 16 heavy (non-hydrogen) atoms. The second kappa shape index (κ2) is 12.1. The van der Waals surface area contributed by atoms with Gasteiger partial charge in [0.25, 0.3) is 0 Å². The molecule has 0 aliphatic carbocycles. The van der Waals surface area contributed by atoms with Crippen LogP contribution in [0.4, 0.5) is 0 Å². The highest BCUT2D eigenvalue weighted by atomic mass is 79.9. The maximum atomic E-state index is 3.55. The molecule has 0 saturated carbocycles. The molecule has 0 nitrogen and oxygen atoms in total. The Kier molecular flexibility index (Phi) is 14.6. The largest absolute Gasteiger partial charge is 0.107 e. The molecule has 0 fully saturated rings. The highest BCUT2D eigenvalue weighted by Crippen LogP contribution is 2.41. The van der Waals surface area contributed by atoms with Crippen LogP contribution < -0.4 is 0 Å². The fraction of sp³-hybridized carbons (Fsp3) is 1.00. The smallest absolute Gasteiger partial charge is 0.0701 e. The summed E-state index contributed by atoms with van der Waals surface area (Å²) in [6.07, 6.45) is 7.68. The van der Waals surface area contributed by atoms with E-state index in [-0.39, 0.29) is 7.92 Å². The van der Waals surface area contributed by atoms with Crippen molar-refractivity contribution in [2.45, 2.75) is 30.5 Å². The van der Waals surface area contributed by atoms with Crippen molar-refractivity contribution in [2.75, 3.05) is 18.5 Å². The summed E-state index contributed by atoms with van der Waals surface area (Å²) in [7, 11) is 0.162. The molecule has 0 aliphatic heterocycles. The lowest BCUT2D eigenvalue weighted by atomic mass is 10.6. The highest BCUT2D eigenvalue weighted by Gasteiger charge is 2.12. The number of hydrogen-bond acceptors (Lipinski definition) is 0. The van der Waals surface area contributed by atoms with Gasteiger partial charge < -0.3 is 0 Å². The van der Waals surface area contributed by atoms with Crippen LogP contribution in [0.5, 0.6) is 0 Å². The third-order valence-electron chi connectivity index (χ3n) is 1.99. The van der Waals surface area contributed by atoms with E-state index in [0.717, 1.165) is 0 Å². The van der Waals surface area contributed by atoms with E-state index in [0.29, 0.717) is 11.2 Å². The molecular formula is C9H15Br6P. The lowest BCUT2D eigenvalue weighted by Gasteiger charge is -2.19. The van der Waals surface area contributed by atoms with Crippen molar-refractivity contribution in [3.05, 3.63) is 0 Å². The van der Waals surface area contributed by atoms with Crippen molar-refractivity contribution in [2.24, 2.45) is 0 Å². The Balaban J connectivity index is 3.85. The Morgan fingerprint density at radius 1 is 0.562 bits per heavy atom.